The number of hydrogen-bond donors (Lipinski definition) is 7. The highest BCUT2D eigenvalue weighted by molar-refractivity contribution is 9.10. The van der Waals surface area contributed by atoms with E-state index in [0.29, 0.717) is 0 Å². The second-order valence-electron chi connectivity index (χ2n) is 5.77. The summed E-state index contributed by atoms with van der Waals surface area (Å²) in [5, 5.41) is 41.6. The molecule has 0 fully saturated rings. The van der Waals surface area contributed by atoms with Crippen LogP contribution in [0.25, 0.3) is 0 Å². The van der Waals surface area contributed by atoms with Crippen molar-refractivity contribution >= 4 is 51.4 Å². The van der Waals surface area contributed by atoms with Gasteiger partial charge in [-0.05, 0) is 34.5 Å². The molecule has 2 amide bonds. The summed E-state index contributed by atoms with van der Waals surface area (Å²) in [6.45, 7) is -0.666. The zero-order valence-corrected chi connectivity index (χ0v) is 17.3. The van der Waals surface area contributed by atoms with Crippen LogP contribution in [0.2, 0.25) is 0 Å². The molecule has 11 nitrogen and oxygen atoms in total. The molecule has 0 radical (unpaired) electrons. The molecule has 0 saturated carbocycles. The summed E-state index contributed by atoms with van der Waals surface area (Å²) in [4.78, 5) is 45.9. The quantitative estimate of drug-likeness (QED) is 0.160. The van der Waals surface area contributed by atoms with Crippen molar-refractivity contribution in [3.8, 4) is 11.5 Å². The van der Waals surface area contributed by atoms with Crippen molar-refractivity contribution in [2.45, 2.75) is 29.8 Å². The van der Waals surface area contributed by atoms with Gasteiger partial charge in [0.25, 0.3) is 0 Å². The van der Waals surface area contributed by atoms with Crippen molar-refractivity contribution in [1.82, 2.24) is 10.6 Å². The van der Waals surface area contributed by atoms with E-state index in [9.17, 15) is 29.4 Å². The normalized spacial score (nSPS) is 12.6. The highest BCUT2D eigenvalue weighted by Crippen LogP contribution is 2.40. The lowest BCUT2D eigenvalue weighted by Crippen LogP contribution is -2.49. The maximum absolute atomic E-state index is 12.2. The number of aromatic hydroxyl groups is 2. The summed E-state index contributed by atoms with van der Waals surface area (Å²) >= 11 is 4.04. The van der Waals surface area contributed by atoms with E-state index in [1.54, 1.807) is 0 Å². The van der Waals surface area contributed by atoms with Gasteiger partial charge < -0.3 is 36.8 Å². The second-order valence-corrected chi connectivity index (χ2v) is 7.60. The van der Waals surface area contributed by atoms with E-state index < -0.39 is 42.4 Å². The molecule has 1 rings (SSSR count). The van der Waals surface area contributed by atoms with Crippen molar-refractivity contribution in [2.24, 2.45) is 5.73 Å². The van der Waals surface area contributed by atoms with Crippen LogP contribution in [-0.2, 0) is 19.2 Å². The van der Waals surface area contributed by atoms with Gasteiger partial charge in [-0.15, -0.1) is 11.8 Å². The van der Waals surface area contributed by atoms with Gasteiger partial charge in [-0.2, -0.15) is 0 Å². The number of carboxylic acids is 2. The summed E-state index contributed by atoms with van der Waals surface area (Å²) in [7, 11) is 0. The Hall–Kier alpha value is -2.51. The van der Waals surface area contributed by atoms with Crippen molar-refractivity contribution < 1.29 is 39.6 Å². The van der Waals surface area contributed by atoms with E-state index in [1.807, 2.05) is 0 Å². The number of carboxylic acid groups (broad SMARTS) is 2. The third-order valence-corrected chi connectivity index (χ3v) is 5.78. The minimum atomic E-state index is -1.28. The first-order valence-corrected chi connectivity index (χ1v) is 9.91. The molecule has 0 aliphatic rings. The molecule has 0 aliphatic carbocycles. The minimum absolute atomic E-state index is 0.113. The van der Waals surface area contributed by atoms with Crippen molar-refractivity contribution in [2.75, 3.05) is 12.3 Å². The summed E-state index contributed by atoms with van der Waals surface area (Å²) in [5.41, 5.74) is 5.33. The van der Waals surface area contributed by atoms with E-state index in [2.05, 4.69) is 26.6 Å². The lowest BCUT2D eigenvalue weighted by Gasteiger charge is -2.19. The average Bonchev–Trinajstić information content (AvgIpc) is 2.65. The number of rotatable bonds is 11. The highest BCUT2D eigenvalue weighted by Gasteiger charge is 2.24. The third-order valence-electron chi connectivity index (χ3n) is 3.52. The Kier molecular flexibility index (Phi) is 9.71. The topological polar surface area (TPSA) is 199 Å². The van der Waals surface area contributed by atoms with Gasteiger partial charge in [-0.1, -0.05) is 0 Å². The summed E-state index contributed by atoms with van der Waals surface area (Å²) in [5.74, 6) is -4.43. The molecular formula is C16H20BrN3O8S. The molecule has 160 valence electrons. The summed E-state index contributed by atoms with van der Waals surface area (Å²) in [6.07, 6.45) is -0.418. The Morgan fingerprint density at radius 1 is 1.14 bits per heavy atom. The molecule has 2 atom stereocenters. The number of benzene rings is 1. The zero-order chi connectivity index (χ0) is 22.1. The first kappa shape index (κ1) is 24.5. The number of phenolic OH excluding ortho intramolecular Hbond substituents is 2. The van der Waals surface area contributed by atoms with Gasteiger partial charge in [-0.25, -0.2) is 0 Å². The van der Waals surface area contributed by atoms with Gasteiger partial charge in [0.1, 0.15) is 30.1 Å². The summed E-state index contributed by atoms with van der Waals surface area (Å²) in [6, 6.07) is 0.0677. The van der Waals surface area contributed by atoms with Crippen LogP contribution in [0.4, 0.5) is 0 Å². The number of aliphatic carboxylic acids is 2. The Morgan fingerprint density at radius 3 is 2.34 bits per heavy atom. The number of hydrogen-bond acceptors (Lipinski definition) is 8. The van der Waals surface area contributed by atoms with E-state index in [0.717, 1.165) is 11.8 Å². The number of nitrogens with one attached hydrogen (secondary N) is 2. The lowest BCUT2D eigenvalue weighted by molar-refractivity contribution is -0.139. The fourth-order valence-corrected chi connectivity index (χ4v) is 3.68. The number of nitrogens with two attached hydrogens (primary N) is 1. The lowest BCUT2D eigenvalue weighted by atomic mass is 10.1. The van der Waals surface area contributed by atoms with Gasteiger partial charge in [0, 0.05) is 12.2 Å². The Labute approximate surface area is 177 Å². The maximum Gasteiger partial charge on any atom is 0.322 e. The molecule has 13 heteroatoms. The van der Waals surface area contributed by atoms with Gasteiger partial charge in [0.2, 0.25) is 11.8 Å². The Balaban J connectivity index is 2.84. The molecule has 29 heavy (non-hydrogen) atoms. The number of thioether (sulfide) groups is 1. The molecule has 0 bridgehead atoms. The van der Waals surface area contributed by atoms with Crippen molar-refractivity contribution in [3.05, 3.63) is 16.6 Å². The molecule has 1 aromatic rings. The van der Waals surface area contributed by atoms with Crippen LogP contribution >= 0.6 is 27.7 Å². The van der Waals surface area contributed by atoms with Crippen LogP contribution in [0.3, 0.4) is 0 Å². The summed E-state index contributed by atoms with van der Waals surface area (Å²) < 4.78 is 0.186. The second kappa shape index (κ2) is 11.5. The van der Waals surface area contributed by atoms with Gasteiger partial charge in [-0.3, -0.25) is 19.2 Å². The van der Waals surface area contributed by atoms with E-state index >= 15 is 0 Å². The molecule has 1 aromatic carbocycles. The molecule has 0 aliphatic heterocycles. The molecule has 0 heterocycles. The molecule has 0 spiro atoms. The van der Waals surface area contributed by atoms with Gasteiger partial charge in [0.15, 0.2) is 0 Å². The SMILES string of the molecule is N[C@@H](CCC(=O)N[C@@H](CSc1c(O)ccc(O)c1Br)C(=O)NCC(=O)O)C(=O)O. The molecular weight excluding hydrogens is 474 g/mol. The van der Waals surface area contributed by atoms with Gasteiger partial charge >= 0.3 is 11.9 Å². The van der Waals surface area contributed by atoms with Crippen molar-refractivity contribution in [3.63, 3.8) is 0 Å². The van der Waals surface area contributed by atoms with E-state index in [-0.39, 0.29) is 39.5 Å². The standard InChI is InChI=1S/C16H20BrN3O8S/c17-13-9(21)2-3-10(22)14(13)29-6-8(15(26)19-5-12(24)25)20-11(23)4-1-7(18)16(27)28/h2-3,7-8,21-22H,1,4-6,18H2,(H,19,26)(H,20,23)(H,24,25)(H,27,28)/t7-,8-/m0/s1. The highest BCUT2D eigenvalue weighted by atomic mass is 79.9. The van der Waals surface area contributed by atoms with Crippen LogP contribution in [0.15, 0.2) is 21.5 Å². The molecule has 0 saturated heterocycles. The van der Waals surface area contributed by atoms with E-state index in [4.69, 9.17) is 15.9 Å². The van der Waals surface area contributed by atoms with Crippen LogP contribution in [0.1, 0.15) is 12.8 Å². The fourth-order valence-electron chi connectivity index (χ4n) is 1.98. The monoisotopic (exact) mass is 493 g/mol. The van der Waals surface area contributed by atoms with Crippen LogP contribution in [0, 0.1) is 0 Å². The Bertz CT molecular complexity index is 792. The number of halogens is 1. The smallest absolute Gasteiger partial charge is 0.322 e. The minimum Gasteiger partial charge on any atom is -0.507 e. The number of phenols is 2. The number of carbonyl (C=O) groups excluding carboxylic acids is 2. The predicted molar refractivity (Wildman–Crippen MR) is 106 cm³/mol. The zero-order valence-electron chi connectivity index (χ0n) is 14.9. The van der Waals surface area contributed by atoms with Crippen LogP contribution in [0.5, 0.6) is 11.5 Å². The Morgan fingerprint density at radius 2 is 1.76 bits per heavy atom. The first-order chi connectivity index (χ1) is 13.5. The first-order valence-electron chi connectivity index (χ1n) is 8.13. The number of carbonyl (C=O) groups is 4. The molecule has 0 unspecified atom stereocenters. The van der Waals surface area contributed by atoms with Gasteiger partial charge in [0.05, 0.1) is 9.37 Å². The largest absolute Gasteiger partial charge is 0.507 e. The molecule has 0 aromatic heterocycles. The molecule has 8 N–H and O–H groups in total. The maximum atomic E-state index is 12.2. The average molecular weight is 494 g/mol. The number of amides is 2. The predicted octanol–water partition coefficient (Wildman–Crippen LogP) is -0.170. The fraction of sp³-hybridized carbons (Fsp3) is 0.375. The third kappa shape index (κ3) is 8.17. The van der Waals surface area contributed by atoms with Crippen LogP contribution in [-0.4, -0.2) is 68.6 Å². The van der Waals surface area contributed by atoms with Crippen molar-refractivity contribution in [1.29, 1.82) is 0 Å². The van der Waals surface area contributed by atoms with E-state index in [1.165, 1.54) is 12.1 Å². The van der Waals surface area contributed by atoms with Crippen LogP contribution < -0.4 is 16.4 Å².